The third-order valence-corrected chi connectivity index (χ3v) is 3.10. The predicted molar refractivity (Wildman–Crippen MR) is 76.8 cm³/mol. The van der Waals surface area contributed by atoms with Crippen molar-refractivity contribution in [2.24, 2.45) is 5.92 Å². The molecular formula is C16H21NO2. The van der Waals surface area contributed by atoms with E-state index in [9.17, 15) is 0 Å². The topological polar surface area (TPSA) is 45.4 Å². The summed E-state index contributed by atoms with van der Waals surface area (Å²) < 4.78 is 5.80. The SMILES string of the molecule is Cc1ccc(-c2ccc(CNCC(C)CO)o2)cc1. The van der Waals surface area contributed by atoms with Crippen LogP contribution in [-0.4, -0.2) is 18.3 Å². The molecule has 102 valence electrons. The molecule has 0 aliphatic rings. The van der Waals surface area contributed by atoms with Gasteiger partial charge in [0, 0.05) is 18.7 Å². The lowest BCUT2D eigenvalue weighted by atomic mass is 10.1. The molecule has 0 aliphatic carbocycles. The number of aliphatic hydroxyl groups excluding tert-OH is 1. The number of benzene rings is 1. The molecule has 1 atom stereocenters. The van der Waals surface area contributed by atoms with Crippen molar-refractivity contribution in [3.8, 4) is 11.3 Å². The van der Waals surface area contributed by atoms with Crippen LogP contribution in [0.25, 0.3) is 11.3 Å². The van der Waals surface area contributed by atoms with Gasteiger partial charge in [0.15, 0.2) is 0 Å². The van der Waals surface area contributed by atoms with Gasteiger partial charge in [0.1, 0.15) is 11.5 Å². The normalized spacial score (nSPS) is 12.6. The maximum atomic E-state index is 8.94. The fraction of sp³-hybridized carbons (Fsp3) is 0.375. The second-order valence-electron chi connectivity index (χ2n) is 5.05. The van der Waals surface area contributed by atoms with E-state index in [0.29, 0.717) is 6.54 Å². The first-order valence-electron chi connectivity index (χ1n) is 6.66. The quantitative estimate of drug-likeness (QED) is 0.838. The molecule has 1 aromatic carbocycles. The highest BCUT2D eigenvalue weighted by Gasteiger charge is 2.05. The highest BCUT2D eigenvalue weighted by molar-refractivity contribution is 5.57. The van der Waals surface area contributed by atoms with Crippen LogP contribution in [0, 0.1) is 12.8 Å². The van der Waals surface area contributed by atoms with Gasteiger partial charge in [-0.1, -0.05) is 36.8 Å². The molecule has 3 heteroatoms. The molecule has 0 radical (unpaired) electrons. The fourth-order valence-corrected chi connectivity index (χ4v) is 1.85. The Balaban J connectivity index is 1.93. The summed E-state index contributed by atoms with van der Waals surface area (Å²) in [5.41, 5.74) is 2.34. The monoisotopic (exact) mass is 259 g/mol. The number of rotatable bonds is 6. The van der Waals surface area contributed by atoms with E-state index in [0.717, 1.165) is 23.6 Å². The number of furan rings is 1. The molecule has 0 spiro atoms. The zero-order valence-electron chi connectivity index (χ0n) is 11.5. The van der Waals surface area contributed by atoms with Crippen molar-refractivity contribution in [2.75, 3.05) is 13.2 Å². The third kappa shape index (κ3) is 3.94. The highest BCUT2D eigenvalue weighted by atomic mass is 16.3. The minimum Gasteiger partial charge on any atom is -0.460 e. The molecule has 0 bridgehead atoms. The Labute approximate surface area is 114 Å². The first kappa shape index (κ1) is 13.8. The molecule has 2 rings (SSSR count). The van der Waals surface area contributed by atoms with Gasteiger partial charge >= 0.3 is 0 Å². The number of aliphatic hydroxyl groups is 1. The Morgan fingerprint density at radius 3 is 2.58 bits per heavy atom. The van der Waals surface area contributed by atoms with Crippen molar-refractivity contribution >= 4 is 0 Å². The van der Waals surface area contributed by atoms with Crippen molar-refractivity contribution < 1.29 is 9.52 Å². The summed E-state index contributed by atoms with van der Waals surface area (Å²) in [5, 5.41) is 12.2. The summed E-state index contributed by atoms with van der Waals surface area (Å²) in [6, 6.07) is 12.3. The molecule has 2 N–H and O–H groups in total. The van der Waals surface area contributed by atoms with Crippen LogP contribution in [0.3, 0.4) is 0 Å². The average Bonchev–Trinajstić information content (AvgIpc) is 2.88. The van der Waals surface area contributed by atoms with Crippen LogP contribution in [-0.2, 0) is 6.54 Å². The van der Waals surface area contributed by atoms with Crippen LogP contribution in [0.1, 0.15) is 18.2 Å². The van der Waals surface area contributed by atoms with Gasteiger partial charge in [0.25, 0.3) is 0 Å². The van der Waals surface area contributed by atoms with E-state index in [1.165, 1.54) is 5.56 Å². The van der Waals surface area contributed by atoms with E-state index in [1.807, 2.05) is 19.1 Å². The Hall–Kier alpha value is -1.58. The van der Waals surface area contributed by atoms with E-state index < -0.39 is 0 Å². The Kier molecular flexibility index (Phi) is 4.77. The Bertz CT molecular complexity index is 502. The second kappa shape index (κ2) is 6.55. The van der Waals surface area contributed by atoms with Gasteiger partial charge in [-0.05, 0) is 25.0 Å². The minimum absolute atomic E-state index is 0.208. The molecule has 2 aromatic rings. The van der Waals surface area contributed by atoms with Crippen molar-refractivity contribution in [3.05, 3.63) is 47.7 Å². The molecule has 0 saturated heterocycles. The summed E-state index contributed by atoms with van der Waals surface area (Å²) in [4.78, 5) is 0. The summed E-state index contributed by atoms with van der Waals surface area (Å²) in [6.07, 6.45) is 0. The molecule has 1 unspecified atom stereocenters. The number of aryl methyl sites for hydroxylation is 1. The van der Waals surface area contributed by atoms with Crippen LogP contribution >= 0.6 is 0 Å². The summed E-state index contributed by atoms with van der Waals surface area (Å²) in [6.45, 7) is 5.77. The van der Waals surface area contributed by atoms with Gasteiger partial charge in [-0.2, -0.15) is 0 Å². The largest absolute Gasteiger partial charge is 0.460 e. The molecule has 19 heavy (non-hydrogen) atoms. The standard InChI is InChI=1S/C16H21NO2/c1-12-3-5-14(6-4-12)16-8-7-15(19-16)10-17-9-13(2)11-18/h3-8,13,17-18H,9-11H2,1-2H3. The Morgan fingerprint density at radius 1 is 1.16 bits per heavy atom. The molecular weight excluding hydrogens is 238 g/mol. The first-order chi connectivity index (χ1) is 9.19. The van der Waals surface area contributed by atoms with Gasteiger partial charge in [0.05, 0.1) is 6.54 Å². The molecule has 1 heterocycles. The maximum absolute atomic E-state index is 8.94. The number of nitrogens with one attached hydrogen (secondary N) is 1. The van der Waals surface area contributed by atoms with E-state index in [4.69, 9.17) is 9.52 Å². The molecule has 3 nitrogen and oxygen atoms in total. The lowest BCUT2D eigenvalue weighted by Crippen LogP contribution is -2.22. The lowest BCUT2D eigenvalue weighted by Gasteiger charge is -2.07. The zero-order valence-corrected chi connectivity index (χ0v) is 11.5. The van der Waals surface area contributed by atoms with Gasteiger partial charge in [-0.3, -0.25) is 0 Å². The minimum atomic E-state index is 0.208. The summed E-state index contributed by atoms with van der Waals surface area (Å²) in [5.74, 6) is 2.08. The number of hydrogen-bond donors (Lipinski definition) is 2. The summed E-state index contributed by atoms with van der Waals surface area (Å²) >= 11 is 0. The van der Waals surface area contributed by atoms with E-state index in [2.05, 4.69) is 36.5 Å². The van der Waals surface area contributed by atoms with E-state index in [1.54, 1.807) is 0 Å². The second-order valence-corrected chi connectivity index (χ2v) is 5.05. The van der Waals surface area contributed by atoms with Crippen molar-refractivity contribution in [3.63, 3.8) is 0 Å². The predicted octanol–water partition coefficient (Wildman–Crippen LogP) is 2.97. The van der Waals surface area contributed by atoms with Gasteiger partial charge in [-0.25, -0.2) is 0 Å². The van der Waals surface area contributed by atoms with Crippen LogP contribution < -0.4 is 5.32 Å². The molecule has 0 fully saturated rings. The zero-order chi connectivity index (χ0) is 13.7. The van der Waals surface area contributed by atoms with Crippen LogP contribution in [0.5, 0.6) is 0 Å². The first-order valence-corrected chi connectivity index (χ1v) is 6.66. The molecule has 0 aliphatic heterocycles. The van der Waals surface area contributed by atoms with Crippen molar-refractivity contribution in [1.82, 2.24) is 5.32 Å². The average molecular weight is 259 g/mol. The van der Waals surface area contributed by atoms with Crippen molar-refractivity contribution in [1.29, 1.82) is 0 Å². The van der Waals surface area contributed by atoms with Crippen LogP contribution in [0.4, 0.5) is 0 Å². The summed E-state index contributed by atoms with van der Waals surface area (Å²) in [7, 11) is 0. The van der Waals surface area contributed by atoms with Gasteiger partial charge in [0.2, 0.25) is 0 Å². The molecule has 0 amide bonds. The lowest BCUT2D eigenvalue weighted by molar-refractivity contribution is 0.233. The fourth-order valence-electron chi connectivity index (χ4n) is 1.85. The van der Waals surface area contributed by atoms with Crippen LogP contribution in [0.15, 0.2) is 40.8 Å². The van der Waals surface area contributed by atoms with E-state index in [-0.39, 0.29) is 12.5 Å². The van der Waals surface area contributed by atoms with Crippen molar-refractivity contribution in [2.45, 2.75) is 20.4 Å². The highest BCUT2D eigenvalue weighted by Crippen LogP contribution is 2.22. The van der Waals surface area contributed by atoms with Crippen LogP contribution in [0.2, 0.25) is 0 Å². The maximum Gasteiger partial charge on any atom is 0.134 e. The number of hydrogen-bond acceptors (Lipinski definition) is 3. The Morgan fingerprint density at radius 2 is 1.89 bits per heavy atom. The smallest absolute Gasteiger partial charge is 0.134 e. The third-order valence-electron chi connectivity index (χ3n) is 3.10. The van der Waals surface area contributed by atoms with E-state index >= 15 is 0 Å². The molecule has 1 aromatic heterocycles. The van der Waals surface area contributed by atoms with Gasteiger partial charge < -0.3 is 14.8 Å². The molecule has 0 saturated carbocycles. The van der Waals surface area contributed by atoms with Gasteiger partial charge in [-0.15, -0.1) is 0 Å².